The van der Waals surface area contributed by atoms with Crippen molar-refractivity contribution in [1.29, 1.82) is 0 Å². The molecule has 0 spiro atoms. The van der Waals surface area contributed by atoms with E-state index in [1.54, 1.807) is 0 Å². The number of aliphatic hydroxyl groups excluding tert-OH is 1. The van der Waals surface area contributed by atoms with Gasteiger partial charge in [0.2, 0.25) is 0 Å². The van der Waals surface area contributed by atoms with Gasteiger partial charge in [-0.3, -0.25) is 23.4 Å². The van der Waals surface area contributed by atoms with Gasteiger partial charge < -0.3 is 24.2 Å². The molecule has 3 unspecified atom stereocenters. The highest BCUT2D eigenvalue weighted by Gasteiger charge is 2.28. The number of phosphoric acid groups is 1. The second-order valence-corrected chi connectivity index (χ2v) is 22.7. The number of rotatable bonds is 59. The zero-order valence-electron chi connectivity index (χ0n) is 48.3. The molecule has 11 nitrogen and oxygen atoms in total. The molecular weight excluding hydrogens is 952 g/mol. The van der Waals surface area contributed by atoms with Gasteiger partial charge in [0.1, 0.15) is 12.7 Å². The molecule has 0 aliphatic heterocycles. The molecule has 436 valence electrons. The molecule has 0 aromatic rings. The maximum absolute atomic E-state index is 12.9. The number of allylic oxidation sites excluding steroid dienone is 4. The summed E-state index contributed by atoms with van der Waals surface area (Å²) in [4.78, 5) is 48.6. The van der Waals surface area contributed by atoms with Crippen LogP contribution in [0.4, 0.5) is 0 Å². The van der Waals surface area contributed by atoms with Crippen LogP contribution >= 0.6 is 7.82 Å². The van der Waals surface area contributed by atoms with Gasteiger partial charge >= 0.3 is 25.7 Å². The topological polar surface area (TPSA) is 155 Å². The van der Waals surface area contributed by atoms with Gasteiger partial charge in [-0.05, 0) is 51.4 Å². The number of hydrogen-bond donors (Lipinski definition) is 2. The van der Waals surface area contributed by atoms with Crippen LogP contribution in [-0.4, -0.2) is 66.5 Å². The molecular formula is C62H117O11P. The Labute approximate surface area is 455 Å². The summed E-state index contributed by atoms with van der Waals surface area (Å²) in [5.74, 6) is -1.45. The summed E-state index contributed by atoms with van der Waals surface area (Å²) in [7, 11) is -4.74. The Bertz CT molecular complexity index is 1340. The van der Waals surface area contributed by atoms with E-state index in [2.05, 4.69) is 45.1 Å². The van der Waals surface area contributed by atoms with E-state index in [1.807, 2.05) is 0 Å². The van der Waals surface area contributed by atoms with Crippen LogP contribution in [0.1, 0.15) is 316 Å². The summed E-state index contributed by atoms with van der Waals surface area (Å²) in [5.41, 5.74) is 0. The number of hydrogen-bond acceptors (Lipinski definition) is 10. The fourth-order valence-electron chi connectivity index (χ4n) is 9.10. The molecule has 0 bridgehead atoms. The molecule has 0 fully saturated rings. The number of ether oxygens (including phenoxy) is 3. The summed E-state index contributed by atoms with van der Waals surface area (Å²) in [6, 6.07) is 0. The van der Waals surface area contributed by atoms with Crippen LogP contribution in [0.25, 0.3) is 0 Å². The minimum absolute atomic E-state index is 0.157. The Kier molecular flexibility index (Phi) is 55.6. The number of phosphoric ester groups is 1. The highest BCUT2D eigenvalue weighted by Crippen LogP contribution is 2.43. The Morgan fingerprint density at radius 3 is 1.03 bits per heavy atom. The highest BCUT2D eigenvalue weighted by atomic mass is 31.2. The second kappa shape index (κ2) is 57.1. The van der Waals surface area contributed by atoms with E-state index >= 15 is 0 Å². The maximum Gasteiger partial charge on any atom is 0.472 e. The van der Waals surface area contributed by atoms with Gasteiger partial charge in [0.15, 0.2) is 6.10 Å². The normalized spacial score (nSPS) is 13.4. The lowest BCUT2D eigenvalue weighted by molar-refractivity contribution is -0.161. The molecule has 74 heavy (non-hydrogen) atoms. The van der Waals surface area contributed by atoms with Crippen molar-refractivity contribution >= 4 is 25.7 Å². The number of carbonyl (C=O) groups excluding carboxylic acids is 3. The fourth-order valence-corrected chi connectivity index (χ4v) is 9.88. The van der Waals surface area contributed by atoms with Crippen LogP contribution in [0.15, 0.2) is 24.3 Å². The largest absolute Gasteiger partial charge is 0.472 e. The average Bonchev–Trinajstić information content (AvgIpc) is 3.39. The van der Waals surface area contributed by atoms with Gasteiger partial charge in [-0.15, -0.1) is 0 Å². The van der Waals surface area contributed by atoms with Crippen molar-refractivity contribution in [3.8, 4) is 0 Å². The van der Waals surface area contributed by atoms with E-state index in [1.165, 1.54) is 173 Å². The number of carbonyl (C=O) groups is 3. The smallest absolute Gasteiger partial charge is 0.462 e. The first-order chi connectivity index (χ1) is 36.2. The third-order valence-corrected chi connectivity index (χ3v) is 14.8. The SMILES string of the molecule is CCCCC/C=C\C/C=C\CCCCCCCC(=O)OC(COC(=O)CCCCCCCCCCCCCCCCCCCCC)COP(=O)(O)OCC(CO)OC(=O)CCCCCCCCCCCCCCC. The molecule has 12 heteroatoms. The summed E-state index contributed by atoms with van der Waals surface area (Å²) in [5, 5.41) is 9.82. The van der Waals surface area contributed by atoms with Gasteiger partial charge in [0, 0.05) is 19.3 Å². The lowest BCUT2D eigenvalue weighted by Crippen LogP contribution is -2.30. The summed E-state index contributed by atoms with van der Waals surface area (Å²) < 4.78 is 39.6. The summed E-state index contributed by atoms with van der Waals surface area (Å²) in [6.07, 6.45) is 58.4. The predicted octanol–water partition coefficient (Wildman–Crippen LogP) is 18.6. The van der Waals surface area contributed by atoms with Crippen molar-refractivity contribution in [3.05, 3.63) is 24.3 Å². The van der Waals surface area contributed by atoms with E-state index in [9.17, 15) is 28.9 Å². The van der Waals surface area contributed by atoms with Crippen molar-refractivity contribution in [2.75, 3.05) is 26.4 Å². The minimum atomic E-state index is -4.74. The standard InChI is InChI=1S/C62H117O11P/c1-4-7-10-13-16-19-22-25-27-28-29-30-32-34-36-39-42-45-48-51-60(64)69-55-59(73-62(66)53-50-47-44-41-38-35-31-26-23-20-17-14-11-8-5-2)57-71-74(67,68)70-56-58(54-63)72-61(65)52-49-46-43-40-37-33-24-21-18-15-12-9-6-3/h17,20,26,31,58-59,63H,4-16,18-19,21-25,27-30,32-57H2,1-3H3,(H,67,68)/b20-17-,31-26-. The highest BCUT2D eigenvalue weighted by molar-refractivity contribution is 7.47. The van der Waals surface area contributed by atoms with E-state index in [-0.39, 0.29) is 25.9 Å². The van der Waals surface area contributed by atoms with Gasteiger partial charge in [-0.25, -0.2) is 4.57 Å². The summed E-state index contributed by atoms with van der Waals surface area (Å²) in [6.45, 7) is 4.67. The molecule has 0 aromatic carbocycles. The average molecular weight is 1070 g/mol. The van der Waals surface area contributed by atoms with E-state index < -0.39 is 57.8 Å². The van der Waals surface area contributed by atoms with Gasteiger partial charge in [-0.2, -0.15) is 0 Å². The molecule has 0 saturated carbocycles. The predicted molar refractivity (Wildman–Crippen MR) is 307 cm³/mol. The Hall–Kier alpha value is -2.04. The van der Waals surface area contributed by atoms with Crippen molar-refractivity contribution in [3.63, 3.8) is 0 Å². The third kappa shape index (κ3) is 54.7. The monoisotopic (exact) mass is 1070 g/mol. The molecule has 0 radical (unpaired) electrons. The first-order valence-electron chi connectivity index (χ1n) is 31.2. The van der Waals surface area contributed by atoms with Crippen molar-refractivity contribution in [2.24, 2.45) is 0 Å². The van der Waals surface area contributed by atoms with Gasteiger partial charge in [-0.1, -0.05) is 270 Å². The Morgan fingerprint density at radius 2 is 0.662 bits per heavy atom. The van der Waals surface area contributed by atoms with Crippen LogP contribution < -0.4 is 0 Å². The zero-order valence-corrected chi connectivity index (χ0v) is 49.2. The first-order valence-corrected chi connectivity index (χ1v) is 32.7. The first kappa shape index (κ1) is 72.0. The zero-order chi connectivity index (χ0) is 54.1. The lowest BCUT2D eigenvalue weighted by atomic mass is 10.0. The van der Waals surface area contributed by atoms with Crippen LogP contribution in [0.5, 0.6) is 0 Å². The Morgan fingerprint density at radius 1 is 0.378 bits per heavy atom. The molecule has 0 heterocycles. The van der Waals surface area contributed by atoms with Crippen LogP contribution in [-0.2, 0) is 42.2 Å². The maximum atomic E-state index is 12.9. The summed E-state index contributed by atoms with van der Waals surface area (Å²) >= 11 is 0. The van der Waals surface area contributed by atoms with E-state index in [0.717, 1.165) is 83.5 Å². The Balaban J connectivity index is 4.66. The molecule has 0 aliphatic rings. The fraction of sp³-hybridized carbons (Fsp3) is 0.887. The molecule has 0 saturated heterocycles. The van der Waals surface area contributed by atoms with E-state index in [4.69, 9.17) is 23.3 Å². The molecule has 2 N–H and O–H groups in total. The van der Waals surface area contributed by atoms with Gasteiger partial charge in [0.05, 0.1) is 19.8 Å². The molecule has 3 atom stereocenters. The number of aliphatic hydroxyl groups is 1. The van der Waals surface area contributed by atoms with Gasteiger partial charge in [0.25, 0.3) is 0 Å². The third-order valence-electron chi connectivity index (χ3n) is 13.9. The minimum Gasteiger partial charge on any atom is -0.462 e. The molecule has 0 aliphatic carbocycles. The quantitative estimate of drug-likeness (QED) is 0.0197. The molecule has 0 amide bonds. The molecule has 0 aromatic heterocycles. The molecule has 0 rings (SSSR count). The number of unbranched alkanes of at least 4 members (excludes halogenated alkanes) is 38. The van der Waals surface area contributed by atoms with Crippen LogP contribution in [0.3, 0.4) is 0 Å². The van der Waals surface area contributed by atoms with Crippen molar-refractivity contribution in [2.45, 2.75) is 328 Å². The number of esters is 3. The van der Waals surface area contributed by atoms with Crippen molar-refractivity contribution < 1.29 is 52.2 Å². The second-order valence-electron chi connectivity index (χ2n) is 21.2. The van der Waals surface area contributed by atoms with E-state index in [0.29, 0.717) is 19.3 Å². The van der Waals surface area contributed by atoms with Crippen molar-refractivity contribution in [1.82, 2.24) is 0 Å². The van der Waals surface area contributed by atoms with Crippen LogP contribution in [0.2, 0.25) is 0 Å². The lowest BCUT2D eigenvalue weighted by Gasteiger charge is -2.21. The van der Waals surface area contributed by atoms with Crippen LogP contribution in [0, 0.1) is 0 Å².